The van der Waals surface area contributed by atoms with Crippen LogP contribution in [0.25, 0.3) is 120 Å². The molecular weight excluding hydrogens is 727 g/mol. The zero-order valence-electron chi connectivity index (χ0n) is 31.1. The third-order valence-electron chi connectivity index (χ3n) is 11.4. The van der Waals surface area contributed by atoms with E-state index in [4.69, 9.17) is 19.4 Å². The molecule has 0 amide bonds. The fourth-order valence-electron chi connectivity index (χ4n) is 8.81. The molecule has 3 aromatic heterocycles. The largest absolute Gasteiger partial charge is 0.455 e. The Morgan fingerprint density at radius 3 is 1.53 bits per heavy atom. The molecule has 12 rings (SSSR count). The Hall–Kier alpha value is -7.47. The van der Waals surface area contributed by atoms with Crippen LogP contribution < -0.4 is 0 Å². The number of hydrogen-bond donors (Lipinski definition) is 0. The van der Waals surface area contributed by atoms with Gasteiger partial charge in [-0.05, 0) is 68.1 Å². The molecule has 4 nitrogen and oxygen atoms in total. The summed E-state index contributed by atoms with van der Waals surface area (Å²) in [6.07, 6.45) is 0. The van der Waals surface area contributed by atoms with Crippen LogP contribution in [-0.2, 0) is 0 Å². The second-order valence-corrected chi connectivity index (χ2v) is 15.7. The maximum absolute atomic E-state index is 6.58. The normalized spacial score (nSPS) is 11.8. The molecule has 9 aromatic carbocycles. The first-order valence-corrected chi connectivity index (χ1v) is 20.3. The second-order valence-electron chi connectivity index (χ2n) is 14.6. The van der Waals surface area contributed by atoms with Gasteiger partial charge >= 0.3 is 0 Å². The molecule has 12 aromatic rings. The molecular formula is C53H31N3OS. The molecule has 0 N–H and O–H groups in total. The highest BCUT2D eigenvalue weighted by atomic mass is 32.1. The minimum atomic E-state index is 0.562. The molecule has 0 saturated heterocycles. The molecule has 0 bridgehead atoms. The molecule has 0 radical (unpaired) electrons. The van der Waals surface area contributed by atoms with Gasteiger partial charge in [0, 0.05) is 42.1 Å². The van der Waals surface area contributed by atoms with E-state index in [1.165, 1.54) is 48.1 Å². The summed E-state index contributed by atoms with van der Waals surface area (Å²) < 4.78 is 8.96. The van der Waals surface area contributed by atoms with Crippen LogP contribution in [0.3, 0.4) is 0 Å². The van der Waals surface area contributed by atoms with E-state index in [9.17, 15) is 0 Å². The first-order valence-electron chi connectivity index (χ1n) is 19.4. The minimum Gasteiger partial charge on any atom is -0.455 e. The van der Waals surface area contributed by atoms with Crippen LogP contribution in [0.15, 0.2) is 192 Å². The van der Waals surface area contributed by atoms with Gasteiger partial charge in [0.15, 0.2) is 17.5 Å². The van der Waals surface area contributed by atoms with Gasteiger partial charge in [0.05, 0.1) is 5.56 Å². The monoisotopic (exact) mass is 757 g/mol. The van der Waals surface area contributed by atoms with Gasteiger partial charge in [0.1, 0.15) is 11.2 Å². The van der Waals surface area contributed by atoms with Gasteiger partial charge in [-0.3, -0.25) is 0 Å². The van der Waals surface area contributed by atoms with Crippen molar-refractivity contribution in [2.24, 2.45) is 0 Å². The van der Waals surface area contributed by atoms with Gasteiger partial charge in [0.2, 0.25) is 0 Å². The fraction of sp³-hybridized carbons (Fsp3) is 0. The van der Waals surface area contributed by atoms with E-state index < -0.39 is 0 Å². The van der Waals surface area contributed by atoms with Crippen LogP contribution in [0.5, 0.6) is 0 Å². The van der Waals surface area contributed by atoms with Crippen molar-refractivity contribution < 1.29 is 4.42 Å². The maximum atomic E-state index is 6.58. The molecule has 0 fully saturated rings. The van der Waals surface area contributed by atoms with Gasteiger partial charge in [-0.2, -0.15) is 0 Å². The number of nitrogens with zero attached hydrogens (tertiary/aromatic N) is 3. The lowest BCUT2D eigenvalue weighted by molar-refractivity contribution is 0.669. The summed E-state index contributed by atoms with van der Waals surface area (Å²) in [4.78, 5) is 16.1. The van der Waals surface area contributed by atoms with E-state index in [0.717, 1.165) is 54.5 Å². The molecule has 0 aliphatic carbocycles. The molecule has 0 aliphatic heterocycles. The number of rotatable bonds is 5. The summed E-state index contributed by atoms with van der Waals surface area (Å²) >= 11 is 1.78. The van der Waals surface area contributed by atoms with E-state index in [0.29, 0.717) is 17.5 Å². The number of hydrogen-bond acceptors (Lipinski definition) is 5. The van der Waals surface area contributed by atoms with E-state index >= 15 is 0 Å². The average molecular weight is 758 g/mol. The van der Waals surface area contributed by atoms with E-state index in [1.54, 1.807) is 11.3 Å². The number of furan rings is 1. The molecule has 0 saturated carbocycles. The van der Waals surface area contributed by atoms with Crippen LogP contribution in [0.1, 0.15) is 0 Å². The maximum Gasteiger partial charge on any atom is 0.167 e. The van der Waals surface area contributed by atoms with E-state index in [-0.39, 0.29) is 0 Å². The highest BCUT2D eigenvalue weighted by Crippen LogP contribution is 2.47. The van der Waals surface area contributed by atoms with Crippen molar-refractivity contribution in [1.82, 2.24) is 15.0 Å². The van der Waals surface area contributed by atoms with Crippen LogP contribution >= 0.6 is 11.3 Å². The quantitative estimate of drug-likeness (QED) is 0.164. The smallest absolute Gasteiger partial charge is 0.167 e. The second kappa shape index (κ2) is 13.1. The van der Waals surface area contributed by atoms with Crippen LogP contribution in [-0.4, -0.2) is 15.0 Å². The number of aromatic nitrogens is 3. The summed E-state index contributed by atoms with van der Waals surface area (Å²) in [5.41, 5.74) is 8.94. The third-order valence-corrected chi connectivity index (χ3v) is 12.6. The van der Waals surface area contributed by atoms with Crippen molar-refractivity contribution in [2.45, 2.75) is 0 Å². The Morgan fingerprint density at radius 1 is 0.328 bits per heavy atom. The molecule has 0 atom stereocenters. The zero-order valence-corrected chi connectivity index (χ0v) is 31.9. The van der Waals surface area contributed by atoms with Gasteiger partial charge in [-0.1, -0.05) is 164 Å². The lowest BCUT2D eigenvalue weighted by atomic mass is 9.84. The summed E-state index contributed by atoms with van der Waals surface area (Å²) in [5, 5.41) is 9.25. The molecule has 58 heavy (non-hydrogen) atoms. The first-order chi connectivity index (χ1) is 28.8. The Bertz CT molecular complexity index is 3400. The molecule has 3 heterocycles. The summed E-state index contributed by atoms with van der Waals surface area (Å²) in [7, 11) is 0. The van der Waals surface area contributed by atoms with Crippen molar-refractivity contribution >= 4 is 75.0 Å². The van der Waals surface area contributed by atoms with E-state index in [1.807, 2.05) is 18.2 Å². The lowest BCUT2D eigenvalue weighted by Crippen LogP contribution is -2.02. The summed E-state index contributed by atoms with van der Waals surface area (Å²) in [6.45, 7) is 0. The van der Waals surface area contributed by atoms with Crippen molar-refractivity contribution in [3.8, 4) is 56.4 Å². The molecule has 0 aliphatic rings. The summed E-state index contributed by atoms with van der Waals surface area (Å²) in [5.74, 6) is 1.78. The molecule has 0 unspecified atom stereocenters. The van der Waals surface area contributed by atoms with Gasteiger partial charge in [-0.15, -0.1) is 11.3 Å². The van der Waals surface area contributed by atoms with Crippen LogP contribution in [0.2, 0.25) is 0 Å². The van der Waals surface area contributed by atoms with Crippen LogP contribution in [0, 0.1) is 0 Å². The van der Waals surface area contributed by atoms with Crippen molar-refractivity contribution in [3.63, 3.8) is 0 Å². The number of para-hydroxylation sites is 2. The predicted molar refractivity (Wildman–Crippen MR) is 242 cm³/mol. The molecule has 0 spiro atoms. The number of thiophene rings is 1. The molecule has 5 heteroatoms. The minimum absolute atomic E-state index is 0.562. The third kappa shape index (κ3) is 5.04. The standard InChI is InChI=1S/C53H31N3OS/c1-2-16-32(17-3-1)47-35-20-4-6-22-37(35)48(38-23-7-5-21-36(38)47)39-24-8-9-25-42(39)51-54-52(43-28-14-26-40-33-18-10-12-30-45(33)57-49(40)43)56-53(55-51)44-29-15-27-41-34-19-11-13-31-46(34)58-50(41)44/h1-31H. The summed E-state index contributed by atoms with van der Waals surface area (Å²) in [6, 6.07) is 66.2. The number of fused-ring (bicyclic) bond motifs is 8. The first kappa shape index (κ1) is 32.7. The highest BCUT2D eigenvalue weighted by Gasteiger charge is 2.23. The van der Waals surface area contributed by atoms with Gasteiger partial charge in [0.25, 0.3) is 0 Å². The van der Waals surface area contributed by atoms with Crippen molar-refractivity contribution in [2.75, 3.05) is 0 Å². The van der Waals surface area contributed by atoms with Gasteiger partial charge < -0.3 is 4.42 Å². The van der Waals surface area contributed by atoms with Crippen molar-refractivity contribution in [3.05, 3.63) is 188 Å². The predicted octanol–water partition coefficient (Wildman–Crippen LogP) is 14.8. The highest BCUT2D eigenvalue weighted by molar-refractivity contribution is 7.26. The Kier molecular flexibility index (Phi) is 7.37. The van der Waals surface area contributed by atoms with Crippen molar-refractivity contribution in [1.29, 1.82) is 0 Å². The average Bonchev–Trinajstić information content (AvgIpc) is 3.87. The van der Waals surface area contributed by atoms with Crippen LogP contribution in [0.4, 0.5) is 0 Å². The van der Waals surface area contributed by atoms with Gasteiger partial charge in [-0.25, -0.2) is 15.0 Å². The lowest BCUT2D eigenvalue weighted by Gasteiger charge is -2.19. The Labute approximate surface area is 337 Å². The Morgan fingerprint density at radius 2 is 0.810 bits per heavy atom. The SMILES string of the molecule is c1ccc(-c2c3ccccc3c(-c3ccccc3-c3nc(-c4cccc5c4oc4ccccc45)nc(-c4cccc5c4sc4ccccc45)n3)c3ccccc23)cc1. The topological polar surface area (TPSA) is 51.8 Å². The fourth-order valence-corrected chi connectivity index (χ4v) is 10.0. The van der Waals surface area contributed by atoms with E-state index in [2.05, 4.69) is 170 Å². The Balaban J connectivity index is 1.16. The zero-order chi connectivity index (χ0) is 38.2. The number of benzene rings is 9. The molecule has 270 valence electrons.